The van der Waals surface area contributed by atoms with E-state index in [0.29, 0.717) is 46.0 Å². The molecule has 0 aliphatic carbocycles. The normalized spacial score (nSPS) is 11.8. The van der Waals surface area contributed by atoms with Crippen molar-refractivity contribution in [2.45, 2.75) is 46.2 Å². The van der Waals surface area contributed by atoms with Crippen molar-refractivity contribution in [2.24, 2.45) is 5.92 Å². The van der Waals surface area contributed by atoms with Gasteiger partial charge in [-0.15, -0.1) is 0 Å². The van der Waals surface area contributed by atoms with Gasteiger partial charge in [-0.05, 0) is 49.1 Å². The van der Waals surface area contributed by atoms with E-state index < -0.39 is 6.04 Å². The molecule has 0 radical (unpaired) electrons. The number of nitrogens with one attached hydrogen (secondary N) is 1. The van der Waals surface area contributed by atoms with Crippen LogP contribution in [0.5, 0.6) is 11.5 Å². The molecule has 2 aromatic carbocycles. The molecule has 2 aromatic rings. The van der Waals surface area contributed by atoms with E-state index in [0.717, 1.165) is 5.56 Å². The van der Waals surface area contributed by atoms with Crippen LogP contribution in [0.15, 0.2) is 36.4 Å². The molecule has 1 N–H and O–H groups in total. The van der Waals surface area contributed by atoms with Gasteiger partial charge in [0.05, 0.1) is 14.2 Å². The molecule has 0 spiro atoms. The smallest absolute Gasteiger partial charge is 0.242 e. The Labute approximate surface area is 206 Å². The van der Waals surface area contributed by atoms with Gasteiger partial charge in [0.15, 0.2) is 11.5 Å². The van der Waals surface area contributed by atoms with Gasteiger partial charge >= 0.3 is 0 Å². The van der Waals surface area contributed by atoms with E-state index >= 15 is 0 Å². The first kappa shape index (κ1) is 26.8. The lowest BCUT2D eigenvalue weighted by Gasteiger charge is -2.29. The number of hydrogen-bond donors (Lipinski definition) is 1. The van der Waals surface area contributed by atoms with E-state index in [9.17, 15) is 9.59 Å². The van der Waals surface area contributed by atoms with Crippen LogP contribution in [0, 0.1) is 5.92 Å². The van der Waals surface area contributed by atoms with Crippen LogP contribution in [0.1, 0.15) is 38.3 Å². The summed E-state index contributed by atoms with van der Waals surface area (Å²) in [6.07, 6.45) is 0.686. The molecule has 0 heterocycles. The summed E-state index contributed by atoms with van der Waals surface area (Å²) >= 11 is 12.7. The third-order valence-electron chi connectivity index (χ3n) is 5.32. The molecule has 33 heavy (non-hydrogen) atoms. The number of halogens is 2. The number of rotatable bonds is 11. The van der Waals surface area contributed by atoms with E-state index in [2.05, 4.69) is 5.32 Å². The predicted octanol–water partition coefficient (Wildman–Crippen LogP) is 5.13. The van der Waals surface area contributed by atoms with Crippen molar-refractivity contribution in [3.63, 3.8) is 0 Å². The number of aryl methyl sites for hydroxylation is 1. The summed E-state index contributed by atoms with van der Waals surface area (Å²) in [6.45, 7) is 6.42. The zero-order valence-electron chi connectivity index (χ0n) is 19.8. The highest BCUT2D eigenvalue weighted by molar-refractivity contribution is 6.36. The topological polar surface area (TPSA) is 67.9 Å². The number of benzene rings is 2. The van der Waals surface area contributed by atoms with Crippen LogP contribution in [0.2, 0.25) is 10.0 Å². The molecular formula is C25H32Cl2N2O4. The molecule has 6 nitrogen and oxygen atoms in total. The van der Waals surface area contributed by atoms with Gasteiger partial charge in [-0.1, -0.05) is 49.2 Å². The minimum Gasteiger partial charge on any atom is -0.493 e. The molecule has 0 saturated carbocycles. The number of carbonyl (C=O) groups excluding carboxylic acids is 2. The first-order chi connectivity index (χ1) is 15.7. The van der Waals surface area contributed by atoms with Crippen LogP contribution in [0.25, 0.3) is 0 Å². The number of ether oxygens (including phenoxy) is 2. The number of amides is 2. The van der Waals surface area contributed by atoms with Crippen LogP contribution in [-0.4, -0.2) is 43.5 Å². The monoisotopic (exact) mass is 494 g/mol. The average Bonchev–Trinajstić information content (AvgIpc) is 2.80. The fourth-order valence-electron chi connectivity index (χ4n) is 3.32. The van der Waals surface area contributed by atoms with Gasteiger partial charge in [0.25, 0.3) is 0 Å². The lowest BCUT2D eigenvalue weighted by Crippen LogP contribution is -2.48. The average molecular weight is 495 g/mol. The number of nitrogens with zero attached hydrogens (tertiary/aromatic N) is 1. The van der Waals surface area contributed by atoms with Crippen LogP contribution < -0.4 is 14.8 Å². The number of carbonyl (C=O) groups is 2. The molecule has 2 rings (SSSR count). The van der Waals surface area contributed by atoms with E-state index in [-0.39, 0.29) is 24.8 Å². The Balaban J connectivity index is 2.22. The Kier molecular flexibility index (Phi) is 10.3. The number of methoxy groups -OCH3 is 2. The molecule has 8 heteroatoms. The van der Waals surface area contributed by atoms with Crippen LogP contribution >= 0.6 is 23.2 Å². The van der Waals surface area contributed by atoms with Gasteiger partial charge in [-0.2, -0.15) is 0 Å². The molecule has 0 aliphatic heterocycles. The van der Waals surface area contributed by atoms with Crippen LogP contribution in [-0.2, 0) is 22.6 Å². The second-order valence-electron chi connectivity index (χ2n) is 8.23. The van der Waals surface area contributed by atoms with Crippen LogP contribution in [0.3, 0.4) is 0 Å². The maximum absolute atomic E-state index is 13.3. The first-order valence-electron chi connectivity index (χ1n) is 10.9. The summed E-state index contributed by atoms with van der Waals surface area (Å²) in [7, 11) is 3.14. The van der Waals surface area contributed by atoms with Gasteiger partial charge in [0.2, 0.25) is 11.8 Å². The molecule has 2 amide bonds. The second-order valence-corrected chi connectivity index (χ2v) is 9.04. The Hall–Kier alpha value is -2.44. The zero-order valence-corrected chi connectivity index (χ0v) is 21.3. The van der Waals surface area contributed by atoms with Crippen LogP contribution in [0.4, 0.5) is 0 Å². The summed E-state index contributed by atoms with van der Waals surface area (Å²) in [5, 5.41) is 3.81. The Bertz CT molecular complexity index is 945. The summed E-state index contributed by atoms with van der Waals surface area (Å²) in [5.74, 6) is 1.13. The molecule has 1 atom stereocenters. The van der Waals surface area contributed by atoms with E-state index in [1.807, 2.05) is 32.0 Å². The standard InChI is InChI=1S/C25H32Cl2N2O4/c1-16(2)14-28-25(31)17(3)29(15-19-20(26)7-6-8-21(19)27)24(30)12-10-18-9-11-22(32-4)23(13-18)33-5/h6-9,11,13,16-17H,10,12,14-15H2,1-5H3,(H,28,31)/t17-/m0/s1. The predicted molar refractivity (Wildman–Crippen MR) is 132 cm³/mol. The third kappa shape index (κ3) is 7.54. The largest absolute Gasteiger partial charge is 0.493 e. The lowest BCUT2D eigenvalue weighted by molar-refractivity contribution is -0.140. The van der Waals surface area contributed by atoms with E-state index in [1.54, 1.807) is 39.3 Å². The molecule has 0 aromatic heterocycles. The Morgan fingerprint density at radius 3 is 2.21 bits per heavy atom. The molecule has 0 bridgehead atoms. The fraction of sp³-hybridized carbons (Fsp3) is 0.440. The summed E-state index contributed by atoms with van der Waals surface area (Å²) in [5.41, 5.74) is 1.54. The van der Waals surface area contributed by atoms with Crippen molar-refractivity contribution in [3.05, 3.63) is 57.6 Å². The first-order valence-corrected chi connectivity index (χ1v) is 11.6. The van der Waals surface area contributed by atoms with Gasteiger partial charge in [-0.25, -0.2) is 0 Å². The summed E-state index contributed by atoms with van der Waals surface area (Å²) in [4.78, 5) is 27.6. The van der Waals surface area contributed by atoms with Crippen molar-refractivity contribution in [1.29, 1.82) is 0 Å². The maximum Gasteiger partial charge on any atom is 0.242 e. The van der Waals surface area contributed by atoms with Crippen molar-refractivity contribution in [1.82, 2.24) is 10.2 Å². The SMILES string of the molecule is COc1ccc(CCC(=O)N(Cc2c(Cl)cccc2Cl)[C@@H](C)C(=O)NCC(C)C)cc1OC. The molecule has 180 valence electrons. The lowest BCUT2D eigenvalue weighted by atomic mass is 10.1. The molecule has 0 unspecified atom stereocenters. The maximum atomic E-state index is 13.3. The van der Waals surface area contributed by atoms with Crippen molar-refractivity contribution >= 4 is 35.0 Å². The minimum absolute atomic E-state index is 0.138. The molecule has 0 saturated heterocycles. The van der Waals surface area contributed by atoms with E-state index in [1.165, 1.54) is 4.90 Å². The van der Waals surface area contributed by atoms with Gasteiger partial charge in [-0.3, -0.25) is 9.59 Å². The summed E-state index contributed by atoms with van der Waals surface area (Å²) < 4.78 is 10.6. The molecule has 0 aliphatic rings. The highest BCUT2D eigenvalue weighted by atomic mass is 35.5. The van der Waals surface area contributed by atoms with E-state index in [4.69, 9.17) is 32.7 Å². The fourth-order valence-corrected chi connectivity index (χ4v) is 3.84. The zero-order chi connectivity index (χ0) is 24.5. The number of hydrogen-bond acceptors (Lipinski definition) is 4. The van der Waals surface area contributed by atoms with Gasteiger partial charge in [0.1, 0.15) is 6.04 Å². The Morgan fingerprint density at radius 2 is 1.64 bits per heavy atom. The quantitative estimate of drug-likeness (QED) is 0.469. The second kappa shape index (κ2) is 12.7. The summed E-state index contributed by atoms with van der Waals surface area (Å²) in [6, 6.07) is 10.0. The minimum atomic E-state index is -0.686. The Morgan fingerprint density at radius 1 is 1.00 bits per heavy atom. The van der Waals surface area contributed by atoms with Crippen molar-refractivity contribution < 1.29 is 19.1 Å². The molecule has 0 fully saturated rings. The van der Waals surface area contributed by atoms with Gasteiger partial charge < -0.3 is 19.7 Å². The highest BCUT2D eigenvalue weighted by Crippen LogP contribution is 2.29. The van der Waals surface area contributed by atoms with Crippen molar-refractivity contribution in [3.8, 4) is 11.5 Å². The van der Waals surface area contributed by atoms with Crippen molar-refractivity contribution in [2.75, 3.05) is 20.8 Å². The molecular weight excluding hydrogens is 463 g/mol. The van der Waals surface area contributed by atoms with Gasteiger partial charge in [0, 0.05) is 35.1 Å². The third-order valence-corrected chi connectivity index (χ3v) is 6.03. The highest BCUT2D eigenvalue weighted by Gasteiger charge is 2.27.